The molecule has 0 aliphatic heterocycles. The van der Waals surface area contributed by atoms with Crippen LogP contribution in [0, 0.1) is 12.3 Å². The van der Waals surface area contributed by atoms with E-state index in [2.05, 4.69) is 65.5 Å². The largest absolute Gasteiger partial charge is 0.344 e. The van der Waals surface area contributed by atoms with Crippen molar-refractivity contribution in [1.29, 1.82) is 0 Å². The summed E-state index contributed by atoms with van der Waals surface area (Å²) in [4.78, 5) is 0. The number of unbranched alkanes of at least 4 members (excludes halogenated alkanes) is 1. The van der Waals surface area contributed by atoms with E-state index < -0.39 is 0 Å². The molecule has 2 nitrogen and oxygen atoms in total. The number of rotatable bonds is 6. The predicted molar refractivity (Wildman–Crippen MR) is 91.1 cm³/mol. The highest BCUT2D eigenvalue weighted by atomic mass is 79.9. The molecule has 1 heterocycles. The van der Waals surface area contributed by atoms with Gasteiger partial charge in [0.25, 0.3) is 0 Å². The first-order valence-corrected chi connectivity index (χ1v) is 8.19. The summed E-state index contributed by atoms with van der Waals surface area (Å²) < 4.78 is 3.66. The molecule has 20 heavy (non-hydrogen) atoms. The Morgan fingerprint density at radius 2 is 1.90 bits per heavy atom. The van der Waals surface area contributed by atoms with E-state index in [-0.39, 0.29) is 5.41 Å². The van der Waals surface area contributed by atoms with Crippen LogP contribution in [0.3, 0.4) is 0 Å². The number of hydrogen-bond acceptors (Lipinski definition) is 1. The molecule has 0 amide bonds. The van der Waals surface area contributed by atoms with Crippen molar-refractivity contribution >= 4 is 26.8 Å². The van der Waals surface area contributed by atoms with Crippen LogP contribution in [0.4, 0.5) is 0 Å². The zero-order valence-corrected chi connectivity index (χ0v) is 14.3. The van der Waals surface area contributed by atoms with E-state index >= 15 is 0 Å². The van der Waals surface area contributed by atoms with Gasteiger partial charge in [-0.3, -0.25) is 0 Å². The van der Waals surface area contributed by atoms with Crippen LogP contribution in [-0.2, 0) is 6.54 Å². The number of benzene rings is 1. The number of hydrogen-bond donors (Lipinski definition) is 1. The van der Waals surface area contributed by atoms with Gasteiger partial charge in [0.05, 0.1) is 0 Å². The van der Waals surface area contributed by atoms with Gasteiger partial charge in [0.15, 0.2) is 0 Å². The van der Waals surface area contributed by atoms with Gasteiger partial charge in [0.2, 0.25) is 0 Å². The van der Waals surface area contributed by atoms with Crippen molar-refractivity contribution in [2.45, 2.75) is 46.6 Å². The Balaban J connectivity index is 2.05. The number of aromatic nitrogens is 1. The Hall–Kier alpha value is -0.800. The molecule has 0 aliphatic carbocycles. The number of halogens is 1. The van der Waals surface area contributed by atoms with Crippen LogP contribution >= 0.6 is 15.9 Å². The molecular weight excluding hydrogens is 312 g/mol. The van der Waals surface area contributed by atoms with Gasteiger partial charge < -0.3 is 10.3 Å². The van der Waals surface area contributed by atoms with Crippen molar-refractivity contribution in [3.05, 3.63) is 34.4 Å². The molecule has 2 aromatic rings. The summed E-state index contributed by atoms with van der Waals surface area (Å²) in [7, 11) is 0. The van der Waals surface area contributed by atoms with Crippen LogP contribution in [0.25, 0.3) is 10.9 Å². The SMILES string of the molecule is Cc1c(Br)c2ccccc2n1CCCCC(C)(C)CN. The lowest BCUT2D eigenvalue weighted by Crippen LogP contribution is -2.23. The van der Waals surface area contributed by atoms with Crippen molar-refractivity contribution < 1.29 is 0 Å². The summed E-state index contributed by atoms with van der Waals surface area (Å²) in [6.45, 7) is 8.54. The maximum absolute atomic E-state index is 5.79. The number of aryl methyl sites for hydroxylation is 1. The van der Waals surface area contributed by atoms with Crippen molar-refractivity contribution in [3.63, 3.8) is 0 Å². The summed E-state index contributed by atoms with van der Waals surface area (Å²) in [6.07, 6.45) is 3.63. The van der Waals surface area contributed by atoms with Gasteiger partial charge in [-0.25, -0.2) is 0 Å². The van der Waals surface area contributed by atoms with E-state index in [0.29, 0.717) is 0 Å². The molecule has 1 aromatic heterocycles. The number of nitrogens with two attached hydrogens (primary N) is 1. The third-order valence-electron chi connectivity index (χ3n) is 4.19. The van der Waals surface area contributed by atoms with Gasteiger partial charge in [-0.15, -0.1) is 0 Å². The Morgan fingerprint density at radius 3 is 2.60 bits per heavy atom. The highest BCUT2D eigenvalue weighted by molar-refractivity contribution is 9.10. The first-order chi connectivity index (χ1) is 9.46. The summed E-state index contributed by atoms with van der Waals surface area (Å²) in [6, 6.07) is 8.60. The Morgan fingerprint density at radius 1 is 1.20 bits per heavy atom. The van der Waals surface area contributed by atoms with Crippen molar-refractivity contribution in [2.75, 3.05) is 6.54 Å². The van der Waals surface area contributed by atoms with Crippen LogP contribution in [-0.4, -0.2) is 11.1 Å². The minimum absolute atomic E-state index is 0.272. The molecule has 110 valence electrons. The number of para-hydroxylation sites is 1. The molecular formula is C17H25BrN2. The van der Waals surface area contributed by atoms with Gasteiger partial charge in [-0.2, -0.15) is 0 Å². The van der Waals surface area contributed by atoms with Crippen LogP contribution in [0.1, 0.15) is 38.8 Å². The standard InChI is InChI=1S/C17H25BrN2/c1-13-16(18)14-8-4-5-9-15(14)20(13)11-7-6-10-17(2,3)12-19/h4-5,8-9H,6-7,10-12,19H2,1-3H3. The van der Waals surface area contributed by atoms with Crippen LogP contribution in [0.2, 0.25) is 0 Å². The third-order valence-corrected chi connectivity index (χ3v) is 5.19. The van der Waals surface area contributed by atoms with Crippen molar-refractivity contribution in [3.8, 4) is 0 Å². The fraction of sp³-hybridized carbons (Fsp3) is 0.529. The van der Waals surface area contributed by atoms with E-state index in [0.717, 1.165) is 13.1 Å². The molecule has 0 saturated heterocycles. The van der Waals surface area contributed by atoms with E-state index in [1.807, 2.05) is 0 Å². The average molecular weight is 337 g/mol. The van der Waals surface area contributed by atoms with Crippen LogP contribution in [0.5, 0.6) is 0 Å². The fourth-order valence-corrected chi connectivity index (χ4v) is 3.20. The van der Waals surface area contributed by atoms with Crippen molar-refractivity contribution in [2.24, 2.45) is 11.1 Å². The second-order valence-corrected chi connectivity index (χ2v) is 7.19. The lowest BCUT2D eigenvalue weighted by Gasteiger charge is -2.22. The topological polar surface area (TPSA) is 30.9 Å². The van der Waals surface area contributed by atoms with Crippen molar-refractivity contribution in [1.82, 2.24) is 4.57 Å². The molecule has 0 aliphatic rings. The van der Waals surface area contributed by atoms with Gasteiger partial charge in [-0.05, 0) is 53.7 Å². The minimum atomic E-state index is 0.272. The van der Waals surface area contributed by atoms with Gasteiger partial charge >= 0.3 is 0 Å². The van der Waals surface area contributed by atoms with E-state index in [9.17, 15) is 0 Å². The minimum Gasteiger partial charge on any atom is -0.344 e. The molecule has 3 heteroatoms. The van der Waals surface area contributed by atoms with Crippen LogP contribution in [0.15, 0.2) is 28.7 Å². The second-order valence-electron chi connectivity index (χ2n) is 6.39. The van der Waals surface area contributed by atoms with Gasteiger partial charge in [0.1, 0.15) is 0 Å². The first-order valence-electron chi connectivity index (χ1n) is 7.40. The van der Waals surface area contributed by atoms with E-state index in [1.165, 1.54) is 40.3 Å². The first kappa shape index (κ1) is 15.6. The maximum Gasteiger partial charge on any atom is 0.0494 e. The molecule has 0 saturated carbocycles. The molecule has 1 aromatic carbocycles. The Labute approximate surface area is 130 Å². The molecule has 2 N–H and O–H groups in total. The maximum atomic E-state index is 5.79. The summed E-state index contributed by atoms with van der Waals surface area (Å²) in [5.74, 6) is 0. The zero-order valence-electron chi connectivity index (χ0n) is 12.7. The highest BCUT2D eigenvalue weighted by Gasteiger charge is 2.15. The quantitative estimate of drug-likeness (QED) is 0.749. The molecule has 0 fully saturated rings. The number of nitrogens with zero attached hydrogens (tertiary/aromatic N) is 1. The third kappa shape index (κ3) is 3.26. The Kier molecular flexibility index (Phi) is 4.92. The summed E-state index contributed by atoms with van der Waals surface area (Å²) >= 11 is 3.72. The fourth-order valence-electron chi connectivity index (χ4n) is 2.65. The lowest BCUT2D eigenvalue weighted by atomic mass is 9.87. The second kappa shape index (κ2) is 6.31. The molecule has 0 unspecified atom stereocenters. The van der Waals surface area contributed by atoms with E-state index in [4.69, 9.17) is 5.73 Å². The summed E-state index contributed by atoms with van der Waals surface area (Å²) in [5, 5.41) is 1.31. The number of fused-ring (bicyclic) bond motifs is 1. The van der Waals surface area contributed by atoms with Crippen LogP contribution < -0.4 is 5.73 Å². The molecule has 0 radical (unpaired) electrons. The molecule has 0 atom stereocenters. The normalized spacial score (nSPS) is 12.2. The predicted octanol–water partition coefficient (Wildman–Crippen LogP) is 4.87. The van der Waals surface area contributed by atoms with E-state index in [1.54, 1.807) is 0 Å². The average Bonchev–Trinajstić information content (AvgIpc) is 2.68. The van der Waals surface area contributed by atoms with Gasteiger partial charge in [0, 0.05) is 27.6 Å². The Bertz CT molecular complexity index is 584. The lowest BCUT2D eigenvalue weighted by molar-refractivity contribution is 0.329. The molecule has 2 rings (SSSR count). The highest BCUT2D eigenvalue weighted by Crippen LogP contribution is 2.31. The smallest absolute Gasteiger partial charge is 0.0494 e. The van der Waals surface area contributed by atoms with Gasteiger partial charge in [-0.1, -0.05) is 38.5 Å². The zero-order chi connectivity index (χ0) is 14.8. The summed E-state index contributed by atoms with van der Waals surface area (Å²) in [5.41, 5.74) is 8.71. The molecule has 0 bridgehead atoms. The molecule has 0 spiro atoms. The monoisotopic (exact) mass is 336 g/mol.